The summed E-state index contributed by atoms with van der Waals surface area (Å²) < 4.78 is 95.8. The lowest BCUT2D eigenvalue weighted by Crippen LogP contribution is -2.40. The Morgan fingerprint density at radius 1 is 0.816 bits per heavy atom. The normalized spacial score (nSPS) is 17.3. The van der Waals surface area contributed by atoms with Crippen molar-refractivity contribution in [2.24, 2.45) is 0 Å². The molecule has 0 atom stereocenters. The zero-order valence-electron chi connectivity index (χ0n) is 20.8. The maximum Gasteiger partial charge on any atom is 0.485 e. The van der Waals surface area contributed by atoms with E-state index in [1.807, 2.05) is 0 Å². The van der Waals surface area contributed by atoms with Crippen molar-refractivity contribution in [3.8, 4) is 5.75 Å². The van der Waals surface area contributed by atoms with E-state index >= 15 is 0 Å². The van der Waals surface area contributed by atoms with Crippen LogP contribution in [0.25, 0.3) is 0 Å². The minimum absolute atomic E-state index is 0.0285. The Labute approximate surface area is 217 Å². The fraction of sp³-hybridized carbons (Fsp3) is 0.700. The number of benzene rings is 1. The Balaban J connectivity index is 0.000000590. The molecule has 0 aromatic heterocycles. The summed E-state index contributed by atoms with van der Waals surface area (Å²) in [5.74, 6) is 0.556. The molecule has 1 aromatic carbocycles. The maximum atomic E-state index is 10.7. The fourth-order valence-electron chi connectivity index (χ4n) is 2.20. The number of non-ortho nitro benzene ring substituents is 1. The molecule has 0 amide bonds. The molecule has 2 rings (SSSR count). The van der Waals surface area contributed by atoms with E-state index in [-0.39, 0.29) is 5.69 Å². The number of alkyl halides is 3. The number of halogens is 3. The van der Waals surface area contributed by atoms with Crippen LogP contribution >= 0.6 is 0 Å². The summed E-state index contributed by atoms with van der Waals surface area (Å²) in [5, 5.41) is 10.3. The van der Waals surface area contributed by atoms with Crippen LogP contribution in [0.4, 0.5) is 24.5 Å². The molecule has 38 heavy (non-hydrogen) atoms. The second-order valence-electron chi connectivity index (χ2n) is 6.83. The van der Waals surface area contributed by atoms with Gasteiger partial charge in [-0.2, -0.15) is 13.2 Å². The van der Waals surface area contributed by atoms with Crippen molar-refractivity contribution < 1.29 is 70.0 Å². The molecule has 0 bridgehead atoms. The highest BCUT2D eigenvalue weighted by molar-refractivity contribution is 7.86. The standard InChI is InChI=1S/C12H24O6.C7H8N2O3.CHF3O3S/c1-2-14-5-6-16-9-10-18-12-11-17-8-7-15-4-3-13-1;1-12-7-3-2-5(9(10)11)4-6(7)8;2-1(3,4)8(5,6)7/h1-12H2;2-4H,8H2,1H3;(H,5,6,7). The van der Waals surface area contributed by atoms with E-state index in [9.17, 15) is 23.3 Å². The molecule has 1 fully saturated rings. The number of quaternary nitrogens is 1. The zero-order chi connectivity index (χ0) is 28.9. The molecule has 0 radical (unpaired) electrons. The SMILES string of the molecule is C1COCCOCCOCCOCCOCCO1.COc1ccc([N+](=O)[O-])cc1[NH3+].O=S(=O)([O-])C(F)(F)F. The number of ether oxygens (including phenoxy) is 7. The lowest BCUT2D eigenvalue weighted by molar-refractivity contribution is -0.385. The second kappa shape index (κ2) is 20.8. The largest absolute Gasteiger partial charge is 0.741 e. The Hall–Kier alpha value is -2.16. The van der Waals surface area contributed by atoms with E-state index in [1.165, 1.54) is 25.3 Å². The van der Waals surface area contributed by atoms with E-state index in [2.05, 4.69) is 5.73 Å². The molecule has 14 nitrogen and oxygen atoms in total. The number of rotatable bonds is 2. The van der Waals surface area contributed by atoms with Crippen LogP contribution in [0.2, 0.25) is 0 Å². The molecule has 1 heterocycles. The van der Waals surface area contributed by atoms with Crippen molar-refractivity contribution >= 4 is 21.5 Å². The highest BCUT2D eigenvalue weighted by atomic mass is 32.2. The average molecular weight is 583 g/mol. The van der Waals surface area contributed by atoms with Crippen molar-refractivity contribution in [1.82, 2.24) is 0 Å². The number of methoxy groups -OCH3 is 1. The van der Waals surface area contributed by atoms with E-state index in [0.29, 0.717) is 90.7 Å². The Morgan fingerprint density at radius 3 is 1.29 bits per heavy atom. The van der Waals surface area contributed by atoms with Crippen molar-refractivity contribution in [2.45, 2.75) is 5.51 Å². The molecule has 1 saturated heterocycles. The van der Waals surface area contributed by atoms with Gasteiger partial charge in [-0.1, -0.05) is 0 Å². The average Bonchev–Trinajstić information content (AvgIpc) is 2.83. The summed E-state index contributed by atoms with van der Waals surface area (Å²) in [6.07, 6.45) is 0. The third-order valence-corrected chi connectivity index (χ3v) is 4.56. The molecule has 0 saturated carbocycles. The lowest BCUT2D eigenvalue weighted by Gasteiger charge is -2.09. The summed E-state index contributed by atoms with van der Waals surface area (Å²) in [4.78, 5) is 9.83. The minimum atomic E-state index is -6.09. The molecule has 1 aliphatic heterocycles. The molecule has 3 N–H and O–H groups in total. The monoisotopic (exact) mass is 582 g/mol. The van der Waals surface area contributed by atoms with Gasteiger partial charge in [0.25, 0.3) is 5.69 Å². The smallest absolute Gasteiger partial charge is 0.485 e. The summed E-state index contributed by atoms with van der Waals surface area (Å²) >= 11 is 0. The molecule has 18 heteroatoms. The van der Waals surface area contributed by atoms with Gasteiger partial charge in [0.15, 0.2) is 21.6 Å². The van der Waals surface area contributed by atoms with E-state index in [4.69, 9.17) is 46.1 Å². The van der Waals surface area contributed by atoms with Gasteiger partial charge in [0.1, 0.15) is 0 Å². The number of hydrogen-bond donors (Lipinski definition) is 1. The molecule has 0 aliphatic carbocycles. The maximum absolute atomic E-state index is 10.7. The number of nitrogens with zero attached hydrogens (tertiary/aromatic N) is 1. The van der Waals surface area contributed by atoms with Crippen LogP contribution in [0.1, 0.15) is 0 Å². The number of nitro benzene ring substituents is 1. The van der Waals surface area contributed by atoms with Crippen LogP contribution in [0, 0.1) is 10.1 Å². The molecule has 222 valence electrons. The van der Waals surface area contributed by atoms with Crippen LogP contribution in [-0.4, -0.2) is 110 Å². The van der Waals surface area contributed by atoms with Gasteiger partial charge in [-0.25, -0.2) is 8.42 Å². The fourth-order valence-corrected chi connectivity index (χ4v) is 2.20. The predicted molar refractivity (Wildman–Crippen MR) is 123 cm³/mol. The topological polar surface area (TPSA) is 193 Å². The van der Waals surface area contributed by atoms with Crippen molar-refractivity contribution in [1.29, 1.82) is 0 Å². The van der Waals surface area contributed by atoms with Gasteiger partial charge in [-0.05, 0) is 6.07 Å². The predicted octanol–water partition coefficient (Wildman–Crippen LogP) is 0.628. The zero-order valence-corrected chi connectivity index (χ0v) is 21.6. The van der Waals surface area contributed by atoms with Crippen LogP contribution < -0.4 is 10.5 Å². The third-order valence-electron chi connectivity index (χ3n) is 3.99. The second-order valence-corrected chi connectivity index (χ2v) is 8.20. The molecular weight excluding hydrogens is 549 g/mol. The summed E-state index contributed by atoms with van der Waals surface area (Å²) in [7, 11) is -4.59. The van der Waals surface area contributed by atoms with E-state index in [1.54, 1.807) is 0 Å². The van der Waals surface area contributed by atoms with Crippen molar-refractivity contribution in [2.75, 3.05) is 86.4 Å². The van der Waals surface area contributed by atoms with Gasteiger partial charge in [0.2, 0.25) is 0 Å². The summed E-state index contributed by atoms with van der Waals surface area (Å²) in [6.45, 7) is 7.04. The number of nitro groups is 1. The quantitative estimate of drug-likeness (QED) is 0.222. The van der Waals surface area contributed by atoms with Crippen molar-refractivity contribution in [3.05, 3.63) is 28.3 Å². The van der Waals surface area contributed by atoms with Gasteiger partial charge in [0.05, 0.1) is 97.4 Å². The lowest BCUT2D eigenvalue weighted by atomic mass is 10.2. The highest BCUT2D eigenvalue weighted by Gasteiger charge is 2.36. The van der Waals surface area contributed by atoms with Crippen LogP contribution in [0.5, 0.6) is 5.75 Å². The summed E-state index contributed by atoms with van der Waals surface area (Å²) in [5.41, 5.74) is -1.49. The minimum Gasteiger partial charge on any atom is -0.741 e. The van der Waals surface area contributed by atoms with Gasteiger partial charge in [-0.3, -0.25) is 10.1 Å². The molecular formula is C20H33F3N2O12S. The first-order chi connectivity index (χ1) is 17.9. The first-order valence-electron chi connectivity index (χ1n) is 11.0. The van der Waals surface area contributed by atoms with Crippen LogP contribution in [0.3, 0.4) is 0 Å². The summed E-state index contributed by atoms with van der Waals surface area (Å²) in [6, 6.07) is 4.28. The third kappa shape index (κ3) is 19.0. The van der Waals surface area contributed by atoms with Gasteiger partial charge < -0.3 is 43.4 Å². The molecule has 1 aromatic rings. The molecule has 0 unspecified atom stereocenters. The van der Waals surface area contributed by atoms with Crippen LogP contribution in [-0.2, 0) is 38.5 Å². The molecule has 1 aliphatic rings. The molecule has 0 spiro atoms. The van der Waals surface area contributed by atoms with Crippen LogP contribution in [0.15, 0.2) is 18.2 Å². The first-order valence-corrected chi connectivity index (χ1v) is 12.4. The van der Waals surface area contributed by atoms with Gasteiger partial charge in [-0.15, -0.1) is 0 Å². The number of hydrogen-bond acceptors (Lipinski definition) is 12. The Morgan fingerprint density at radius 2 is 1.11 bits per heavy atom. The highest BCUT2D eigenvalue weighted by Crippen LogP contribution is 2.24. The van der Waals surface area contributed by atoms with E-state index in [0.717, 1.165) is 0 Å². The Kier molecular flexibility index (Phi) is 19.6. The van der Waals surface area contributed by atoms with Gasteiger partial charge >= 0.3 is 5.51 Å². The first kappa shape index (κ1) is 35.8. The Bertz CT molecular complexity index is 800. The van der Waals surface area contributed by atoms with Gasteiger partial charge in [0, 0.05) is 6.07 Å². The van der Waals surface area contributed by atoms with E-state index < -0.39 is 20.5 Å². The van der Waals surface area contributed by atoms with Crippen molar-refractivity contribution in [3.63, 3.8) is 0 Å².